The van der Waals surface area contributed by atoms with Gasteiger partial charge < -0.3 is 9.30 Å². The van der Waals surface area contributed by atoms with Crippen LogP contribution in [0.25, 0.3) is 0 Å². The molecule has 1 unspecified atom stereocenters. The highest BCUT2D eigenvalue weighted by Gasteiger charge is 2.22. The Labute approximate surface area is 114 Å². The van der Waals surface area contributed by atoms with Gasteiger partial charge in [-0.15, -0.1) is 0 Å². The zero-order valence-corrected chi connectivity index (χ0v) is 11.6. The van der Waals surface area contributed by atoms with E-state index in [0.717, 1.165) is 51.2 Å². The Morgan fingerprint density at radius 2 is 2.26 bits per heavy atom. The van der Waals surface area contributed by atoms with Crippen LogP contribution in [0.4, 0.5) is 0 Å². The second-order valence-electron chi connectivity index (χ2n) is 5.56. The fraction of sp³-hybridized carbons (Fsp3) is 0.667. The summed E-state index contributed by atoms with van der Waals surface area (Å²) in [5, 5.41) is 0. The first-order valence-corrected chi connectivity index (χ1v) is 7.32. The minimum atomic E-state index is 0.248. The summed E-state index contributed by atoms with van der Waals surface area (Å²) >= 11 is 0. The smallest absolute Gasteiger partial charge is 0.164 e. The number of aryl methyl sites for hydroxylation is 1. The maximum absolute atomic E-state index is 11.8. The van der Waals surface area contributed by atoms with Gasteiger partial charge in [-0.05, 0) is 24.9 Å². The van der Waals surface area contributed by atoms with E-state index in [-0.39, 0.29) is 6.10 Å². The third-order valence-corrected chi connectivity index (χ3v) is 4.20. The van der Waals surface area contributed by atoms with Gasteiger partial charge in [0.15, 0.2) is 5.78 Å². The van der Waals surface area contributed by atoms with Crippen molar-refractivity contribution in [3.63, 3.8) is 0 Å². The predicted molar refractivity (Wildman–Crippen MR) is 73.6 cm³/mol. The molecule has 19 heavy (non-hydrogen) atoms. The fourth-order valence-corrected chi connectivity index (χ4v) is 3.10. The summed E-state index contributed by atoms with van der Waals surface area (Å²) in [6.45, 7) is 6.98. The Hall–Kier alpha value is -1.13. The fourth-order valence-electron chi connectivity index (χ4n) is 3.10. The molecule has 0 N–H and O–H groups in total. The maximum Gasteiger partial charge on any atom is 0.164 e. The highest BCUT2D eigenvalue weighted by atomic mass is 16.5. The SMILES string of the molecule is CCN1CCOC(Cn2cc3c(c2)C(=O)CCC3)C1. The van der Waals surface area contributed by atoms with Gasteiger partial charge in [-0.3, -0.25) is 9.69 Å². The molecule has 104 valence electrons. The molecule has 1 aromatic heterocycles. The summed E-state index contributed by atoms with van der Waals surface area (Å²) in [6.07, 6.45) is 7.16. The van der Waals surface area contributed by atoms with Crippen molar-refractivity contribution < 1.29 is 9.53 Å². The zero-order chi connectivity index (χ0) is 13.2. The van der Waals surface area contributed by atoms with Crippen molar-refractivity contribution in [3.05, 3.63) is 23.5 Å². The summed E-state index contributed by atoms with van der Waals surface area (Å²) in [4.78, 5) is 14.3. The summed E-state index contributed by atoms with van der Waals surface area (Å²) in [5.41, 5.74) is 2.16. The van der Waals surface area contributed by atoms with E-state index in [1.165, 1.54) is 5.56 Å². The molecule has 1 fully saturated rings. The summed E-state index contributed by atoms with van der Waals surface area (Å²) in [6, 6.07) is 0. The molecule has 0 spiro atoms. The summed E-state index contributed by atoms with van der Waals surface area (Å²) < 4.78 is 7.98. The van der Waals surface area contributed by atoms with Gasteiger partial charge >= 0.3 is 0 Å². The number of morpholine rings is 1. The van der Waals surface area contributed by atoms with Crippen molar-refractivity contribution in [2.24, 2.45) is 0 Å². The number of rotatable bonds is 3. The molecule has 0 radical (unpaired) electrons. The van der Waals surface area contributed by atoms with Crippen LogP contribution in [0.15, 0.2) is 12.4 Å². The van der Waals surface area contributed by atoms with E-state index in [1.807, 2.05) is 6.20 Å². The number of hydrogen-bond donors (Lipinski definition) is 0. The van der Waals surface area contributed by atoms with Crippen molar-refractivity contribution in [1.29, 1.82) is 0 Å². The third kappa shape index (κ3) is 2.74. The number of ether oxygens (including phenoxy) is 1. The van der Waals surface area contributed by atoms with Crippen molar-refractivity contribution in [1.82, 2.24) is 9.47 Å². The van der Waals surface area contributed by atoms with Gasteiger partial charge in [-0.25, -0.2) is 0 Å². The number of hydrogen-bond acceptors (Lipinski definition) is 3. The molecule has 0 bridgehead atoms. The standard InChI is InChI=1S/C15H22N2O2/c1-2-16-6-7-19-13(9-16)10-17-8-12-4-3-5-15(18)14(12)11-17/h8,11,13H,2-7,9-10H2,1H3. The Balaban J connectivity index is 1.68. The van der Waals surface area contributed by atoms with Crippen molar-refractivity contribution in [3.8, 4) is 0 Å². The van der Waals surface area contributed by atoms with E-state index < -0.39 is 0 Å². The Kier molecular flexibility index (Phi) is 3.71. The second kappa shape index (κ2) is 5.47. The van der Waals surface area contributed by atoms with Gasteiger partial charge in [-0.2, -0.15) is 0 Å². The number of Topliss-reactive ketones (excluding diaryl/α,β-unsaturated/α-hetero) is 1. The molecule has 4 heteroatoms. The van der Waals surface area contributed by atoms with E-state index in [9.17, 15) is 4.79 Å². The highest BCUT2D eigenvalue weighted by molar-refractivity contribution is 5.98. The third-order valence-electron chi connectivity index (χ3n) is 4.20. The van der Waals surface area contributed by atoms with Crippen LogP contribution in [0.1, 0.15) is 35.7 Å². The lowest BCUT2D eigenvalue weighted by atomic mass is 9.95. The molecule has 1 saturated heterocycles. The lowest BCUT2D eigenvalue weighted by molar-refractivity contribution is -0.0342. The lowest BCUT2D eigenvalue weighted by Crippen LogP contribution is -2.43. The number of ketones is 1. The molecule has 1 aliphatic carbocycles. The average Bonchev–Trinajstić information content (AvgIpc) is 2.83. The highest BCUT2D eigenvalue weighted by Crippen LogP contribution is 2.22. The van der Waals surface area contributed by atoms with Gasteiger partial charge in [0.1, 0.15) is 0 Å². The number of nitrogens with zero attached hydrogens (tertiary/aromatic N) is 2. The van der Waals surface area contributed by atoms with Crippen LogP contribution < -0.4 is 0 Å². The van der Waals surface area contributed by atoms with Gasteiger partial charge in [-0.1, -0.05) is 6.92 Å². The van der Waals surface area contributed by atoms with Gasteiger partial charge in [0.2, 0.25) is 0 Å². The van der Waals surface area contributed by atoms with Crippen LogP contribution in [0.2, 0.25) is 0 Å². The summed E-state index contributed by atoms with van der Waals surface area (Å²) in [5.74, 6) is 0.305. The average molecular weight is 262 g/mol. The molecule has 2 heterocycles. The zero-order valence-electron chi connectivity index (χ0n) is 11.6. The van der Waals surface area contributed by atoms with E-state index >= 15 is 0 Å². The molecular weight excluding hydrogens is 240 g/mol. The van der Waals surface area contributed by atoms with E-state index in [0.29, 0.717) is 12.2 Å². The van der Waals surface area contributed by atoms with Gasteiger partial charge in [0.25, 0.3) is 0 Å². The molecule has 0 amide bonds. The number of likely N-dealkylation sites (N-methyl/N-ethyl adjacent to an activating group) is 1. The second-order valence-corrected chi connectivity index (χ2v) is 5.56. The molecule has 1 aliphatic heterocycles. The van der Waals surface area contributed by atoms with E-state index in [2.05, 4.69) is 22.6 Å². The van der Waals surface area contributed by atoms with Crippen LogP contribution in [0.5, 0.6) is 0 Å². The minimum Gasteiger partial charge on any atom is -0.374 e. The first-order chi connectivity index (χ1) is 9.26. The first-order valence-electron chi connectivity index (χ1n) is 7.32. The van der Waals surface area contributed by atoms with Gasteiger partial charge in [0, 0.05) is 44.0 Å². The normalized spacial score (nSPS) is 24.5. The molecule has 3 rings (SSSR count). The topological polar surface area (TPSA) is 34.5 Å². The number of aromatic nitrogens is 1. The van der Waals surface area contributed by atoms with Crippen LogP contribution in [-0.4, -0.2) is 47.6 Å². The number of carbonyl (C=O) groups excluding carboxylic acids is 1. The lowest BCUT2D eigenvalue weighted by Gasteiger charge is -2.32. The molecule has 0 saturated carbocycles. The van der Waals surface area contributed by atoms with Crippen molar-refractivity contribution in [2.45, 2.75) is 38.8 Å². The molecule has 1 aromatic rings. The summed E-state index contributed by atoms with van der Waals surface area (Å²) in [7, 11) is 0. The molecule has 4 nitrogen and oxygen atoms in total. The van der Waals surface area contributed by atoms with Crippen molar-refractivity contribution >= 4 is 5.78 Å². The Morgan fingerprint density at radius 3 is 3.05 bits per heavy atom. The van der Waals surface area contributed by atoms with Gasteiger partial charge in [0.05, 0.1) is 12.7 Å². The Morgan fingerprint density at radius 1 is 1.37 bits per heavy atom. The Bertz CT molecular complexity index is 467. The van der Waals surface area contributed by atoms with E-state index in [1.54, 1.807) is 0 Å². The predicted octanol–water partition coefficient (Wildman–Crippen LogP) is 1.73. The minimum absolute atomic E-state index is 0.248. The molecule has 2 aliphatic rings. The van der Waals surface area contributed by atoms with Crippen LogP contribution in [-0.2, 0) is 17.7 Å². The monoisotopic (exact) mass is 262 g/mol. The number of carbonyl (C=O) groups is 1. The largest absolute Gasteiger partial charge is 0.374 e. The van der Waals surface area contributed by atoms with Crippen LogP contribution in [0, 0.1) is 0 Å². The van der Waals surface area contributed by atoms with Crippen LogP contribution in [0.3, 0.4) is 0 Å². The molecular formula is C15H22N2O2. The van der Waals surface area contributed by atoms with Crippen molar-refractivity contribution in [2.75, 3.05) is 26.2 Å². The molecule has 1 atom stereocenters. The first kappa shape index (κ1) is 12.9. The quantitative estimate of drug-likeness (QED) is 0.832. The maximum atomic E-state index is 11.8. The number of fused-ring (bicyclic) bond motifs is 1. The van der Waals surface area contributed by atoms with Crippen LogP contribution >= 0.6 is 0 Å². The van der Waals surface area contributed by atoms with E-state index in [4.69, 9.17) is 4.74 Å². The molecule has 0 aromatic carbocycles.